The third-order valence-corrected chi connectivity index (χ3v) is 5.70. The molecule has 1 aliphatic heterocycles. The Kier molecular flexibility index (Phi) is 5.38. The third-order valence-electron chi connectivity index (χ3n) is 4.22. The first kappa shape index (κ1) is 18.5. The predicted octanol–water partition coefficient (Wildman–Crippen LogP) is 2.78. The minimum absolute atomic E-state index is 0.00873. The van der Waals surface area contributed by atoms with Gasteiger partial charge in [-0.2, -0.15) is 8.42 Å². The summed E-state index contributed by atoms with van der Waals surface area (Å²) in [6.07, 6.45) is 0. The Balaban J connectivity index is 1.67. The summed E-state index contributed by atoms with van der Waals surface area (Å²) in [7, 11) is -3.93. The molecule has 1 aliphatic rings. The lowest BCUT2D eigenvalue weighted by Gasteiger charge is -2.35. The summed E-state index contributed by atoms with van der Waals surface area (Å²) in [4.78, 5) is 15.4. The summed E-state index contributed by atoms with van der Waals surface area (Å²) in [5.41, 5.74) is 0.959. The Morgan fingerprint density at radius 3 is 2.27 bits per heavy atom. The number of amides is 1. The van der Waals surface area contributed by atoms with Crippen LogP contribution in [0.3, 0.4) is 0 Å². The highest BCUT2D eigenvalue weighted by atomic mass is 35.5. The molecule has 0 aromatic heterocycles. The summed E-state index contributed by atoms with van der Waals surface area (Å²) >= 11 is 5.84. The van der Waals surface area contributed by atoms with Crippen molar-refractivity contribution in [2.75, 3.05) is 31.1 Å². The molecule has 0 radical (unpaired) electrons. The van der Waals surface area contributed by atoms with Crippen LogP contribution in [0.4, 0.5) is 5.69 Å². The molecule has 0 atom stereocenters. The number of hydrogen-bond donors (Lipinski definition) is 0. The van der Waals surface area contributed by atoms with Crippen LogP contribution >= 0.6 is 11.6 Å². The molecule has 0 bridgehead atoms. The van der Waals surface area contributed by atoms with Gasteiger partial charge in [-0.05, 0) is 42.5 Å². The molecule has 26 heavy (non-hydrogen) atoms. The van der Waals surface area contributed by atoms with Crippen LogP contribution in [-0.2, 0) is 14.9 Å². The van der Waals surface area contributed by atoms with Crippen molar-refractivity contribution < 1.29 is 17.4 Å². The van der Waals surface area contributed by atoms with Crippen LogP contribution in [0.5, 0.6) is 5.75 Å². The second kappa shape index (κ2) is 7.55. The first-order chi connectivity index (χ1) is 12.3. The Morgan fingerprint density at radius 2 is 1.69 bits per heavy atom. The van der Waals surface area contributed by atoms with Crippen LogP contribution in [0.25, 0.3) is 0 Å². The fourth-order valence-electron chi connectivity index (χ4n) is 2.79. The Hall–Kier alpha value is -2.25. The average Bonchev–Trinajstić information content (AvgIpc) is 2.62. The molecule has 2 aromatic carbocycles. The van der Waals surface area contributed by atoms with Gasteiger partial charge in [0.05, 0.1) is 0 Å². The molecule has 1 saturated heterocycles. The zero-order chi connectivity index (χ0) is 18.7. The number of benzene rings is 2. The highest BCUT2D eigenvalue weighted by Crippen LogP contribution is 2.24. The number of carbonyl (C=O) groups excluding carboxylic acids is 1. The Morgan fingerprint density at radius 1 is 1.04 bits per heavy atom. The lowest BCUT2D eigenvalue weighted by Crippen LogP contribution is -2.48. The second-order valence-corrected chi connectivity index (χ2v) is 7.96. The number of hydrogen-bond acceptors (Lipinski definition) is 5. The second-order valence-electron chi connectivity index (χ2n) is 5.98. The van der Waals surface area contributed by atoms with Gasteiger partial charge in [0.15, 0.2) is 0 Å². The lowest BCUT2D eigenvalue weighted by atomic mass is 10.2. The van der Waals surface area contributed by atoms with Crippen molar-refractivity contribution in [3.63, 3.8) is 0 Å². The van der Waals surface area contributed by atoms with E-state index in [4.69, 9.17) is 15.8 Å². The maximum absolute atomic E-state index is 12.3. The smallest absolute Gasteiger partial charge is 0.339 e. The summed E-state index contributed by atoms with van der Waals surface area (Å²) in [6.45, 7) is 4.40. The van der Waals surface area contributed by atoms with Crippen LogP contribution in [0, 0.1) is 0 Å². The molecular formula is C18H19ClN2O4S. The molecule has 1 heterocycles. The molecule has 0 saturated carbocycles. The molecule has 138 valence electrons. The zero-order valence-corrected chi connectivity index (χ0v) is 15.8. The van der Waals surface area contributed by atoms with Crippen LogP contribution < -0.4 is 9.08 Å². The van der Waals surface area contributed by atoms with Crippen molar-refractivity contribution in [3.8, 4) is 5.75 Å². The lowest BCUT2D eigenvalue weighted by molar-refractivity contribution is -0.129. The van der Waals surface area contributed by atoms with E-state index >= 15 is 0 Å². The molecular weight excluding hydrogens is 376 g/mol. The van der Waals surface area contributed by atoms with Crippen molar-refractivity contribution in [2.45, 2.75) is 11.8 Å². The Labute approximate surface area is 158 Å². The molecule has 2 aromatic rings. The summed E-state index contributed by atoms with van der Waals surface area (Å²) < 4.78 is 29.8. The van der Waals surface area contributed by atoms with E-state index in [1.807, 2.05) is 17.0 Å². The fraction of sp³-hybridized carbons (Fsp3) is 0.278. The summed E-state index contributed by atoms with van der Waals surface area (Å²) in [5, 5.41) is 0.328. The number of anilines is 1. The minimum atomic E-state index is -3.93. The van der Waals surface area contributed by atoms with Gasteiger partial charge >= 0.3 is 10.1 Å². The standard InChI is InChI=1S/C18H19ClN2O4S/c1-14(22)20-9-11-21(12-10-20)16-5-7-17(8-6-16)25-26(23,24)18-4-2-3-15(19)13-18/h2-8,13H,9-12H2,1H3. The van der Waals surface area contributed by atoms with Crippen LogP contribution in [0.2, 0.25) is 5.02 Å². The number of rotatable bonds is 4. The number of carbonyl (C=O) groups is 1. The van der Waals surface area contributed by atoms with E-state index < -0.39 is 10.1 Å². The molecule has 3 rings (SSSR count). The molecule has 1 fully saturated rings. The topological polar surface area (TPSA) is 66.9 Å². The van der Waals surface area contributed by atoms with E-state index in [0.717, 1.165) is 18.8 Å². The molecule has 0 N–H and O–H groups in total. The normalized spacial score (nSPS) is 15.0. The molecule has 0 spiro atoms. The summed E-state index contributed by atoms with van der Waals surface area (Å²) in [6, 6.07) is 12.8. The van der Waals surface area contributed by atoms with Crippen molar-refractivity contribution in [2.24, 2.45) is 0 Å². The molecule has 8 heteroatoms. The fourth-order valence-corrected chi connectivity index (χ4v) is 4.02. The highest BCUT2D eigenvalue weighted by molar-refractivity contribution is 7.87. The van der Waals surface area contributed by atoms with E-state index in [1.54, 1.807) is 31.2 Å². The van der Waals surface area contributed by atoms with Crippen molar-refractivity contribution in [1.29, 1.82) is 0 Å². The first-order valence-electron chi connectivity index (χ1n) is 8.16. The van der Waals surface area contributed by atoms with Crippen molar-refractivity contribution >= 4 is 33.3 Å². The van der Waals surface area contributed by atoms with Gasteiger partial charge < -0.3 is 14.0 Å². The van der Waals surface area contributed by atoms with E-state index in [1.165, 1.54) is 12.1 Å². The molecule has 0 aliphatic carbocycles. The van der Waals surface area contributed by atoms with Gasteiger partial charge in [0.25, 0.3) is 0 Å². The van der Waals surface area contributed by atoms with Crippen LogP contribution in [0.15, 0.2) is 53.4 Å². The van der Waals surface area contributed by atoms with Gasteiger partial charge in [-0.1, -0.05) is 17.7 Å². The predicted molar refractivity (Wildman–Crippen MR) is 100 cm³/mol. The maximum atomic E-state index is 12.3. The quantitative estimate of drug-likeness (QED) is 0.746. The third kappa shape index (κ3) is 4.28. The number of nitrogens with zero attached hydrogens (tertiary/aromatic N) is 2. The van der Waals surface area contributed by atoms with Crippen molar-refractivity contribution in [3.05, 3.63) is 53.6 Å². The first-order valence-corrected chi connectivity index (χ1v) is 9.94. The monoisotopic (exact) mass is 394 g/mol. The zero-order valence-electron chi connectivity index (χ0n) is 14.3. The SMILES string of the molecule is CC(=O)N1CCN(c2ccc(OS(=O)(=O)c3cccc(Cl)c3)cc2)CC1. The molecule has 0 unspecified atom stereocenters. The van der Waals surface area contributed by atoms with E-state index in [2.05, 4.69) is 4.90 Å². The van der Waals surface area contributed by atoms with Gasteiger partial charge in [0.1, 0.15) is 10.6 Å². The maximum Gasteiger partial charge on any atom is 0.339 e. The molecule has 1 amide bonds. The van der Waals surface area contributed by atoms with Crippen molar-refractivity contribution in [1.82, 2.24) is 4.90 Å². The van der Waals surface area contributed by atoms with Gasteiger partial charge in [-0.3, -0.25) is 4.79 Å². The average molecular weight is 395 g/mol. The van der Waals surface area contributed by atoms with Gasteiger partial charge in [0, 0.05) is 43.8 Å². The van der Waals surface area contributed by atoms with Crippen LogP contribution in [-0.4, -0.2) is 45.4 Å². The molecule has 6 nitrogen and oxygen atoms in total. The highest BCUT2D eigenvalue weighted by Gasteiger charge is 2.20. The summed E-state index contributed by atoms with van der Waals surface area (Å²) in [5.74, 6) is 0.315. The number of piperazine rings is 1. The largest absolute Gasteiger partial charge is 0.379 e. The van der Waals surface area contributed by atoms with Gasteiger partial charge in [-0.15, -0.1) is 0 Å². The van der Waals surface area contributed by atoms with Gasteiger partial charge in [0.2, 0.25) is 5.91 Å². The number of halogens is 1. The van der Waals surface area contributed by atoms with Gasteiger partial charge in [-0.25, -0.2) is 0 Å². The van der Waals surface area contributed by atoms with E-state index in [9.17, 15) is 13.2 Å². The minimum Gasteiger partial charge on any atom is -0.379 e. The van der Waals surface area contributed by atoms with E-state index in [0.29, 0.717) is 18.1 Å². The van der Waals surface area contributed by atoms with Crippen LogP contribution in [0.1, 0.15) is 6.92 Å². The van der Waals surface area contributed by atoms with E-state index in [-0.39, 0.29) is 16.6 Å². The Bertz CT molecular complexity index is 892.